The Balaban J connectivity index is 1.93. The van der Waals surface area contributed by atoms with E-state index in [0.29, 0.717) is 0 Å². The van der Waals surface area contributed by atoms with Crippen molar-refractivity contribution in [3.8, 4) is 0 Å². The van der Waals surface area contributed by atoms with E-state index >= 15 is 0 Å². The van der Waals surface area contributed by atoms with Gasteiger partial charge in [-0.2, -0.15) is 0 Å². The Bertz CT molecular complexity index is 681. The van der Waals surface area contributed by atoms with Crippen LogP contribution < -0.4 is 16.0 Å². The fourth-order valence-corrected chi connectivity index (χ4v) is 3.36. The van der Waals surface area contributed by atoms with Crippen molar-refractivity contribution in [2.75, 3.05) is 13.1 Å². The first-order valence-electron chi connectivity index (χ1n) is 8.45. The summed E-state index contributed by atoms with van der Waals surface area (Å²) in [6.07, 6.45) is 0. The predicted octanol–water partition coefficient (Wildman–Crippen LogP) is 1.35. The molecule has 0 spiro atoms. The number of hydrogen-bond acceptors (Lipinski definition) is 3. The van der Waals surface area contributed by atoms with Crippen LogP contribution in [0.2, 0.25) is 0 Å². The highest BCUT2D eigenvalue weighted by molar-refractivity contribution is 7.10. The Morgan fingerprint density at radius 2 is 1.84 bits per heavy atom. The second kappa shape index (κ2) is 9.34. The maximum absolute atomic E-state index is 12.1. The van der Waals surface area contributed by atoms with Crippen molar-refractivity contribution in [3.05, 3.63) is 57.8 Å². The van der Waals surface area contributed by atoms with Gasteiger partial charge >= 0.3 is 0 Å². The molecule has 0 aliphatic carbocycles. The Labute approximate surface area is 152 Å². The number of rotatable bonds is 8. The van der Waals surface area contributed by atoms with Gasteiger partial charge in [-0.25, -0.2) is 0 Å². The minimum absolute atomic E-state index is 0.0130. The van der Waals surface area contributed by atoms with Gasteiger partial charge in [-0.15, -0.1) is 11.3 Å². The van der Waals surface area contributed by atoms with Gasteiger partial charge in [0.2, 0.25) is 5.91 Å². The fraction of sp³-hybridized carbons (Fsp3) is 0.368. The molecular formula is C19H26N3O2S+. The Kier molecular flexibility index (Phi) is 7.16. The second-order valence-electron chi connectivity index (χ2n) is 6.34. The topological polar surface area (TPSA) is 74.8 Å². The summed E-state index contributed by atoms with van der Waals surface area (Å²) < 4.78 is 0. The third kappa shape index (κ3) is 6.32. The van der Waals surface area contributed by atoms with Gasteiger partial charge in [0.05, 0.1) is 11.4 Å². The molecule has 0 saturated carbocycles. The Morgan fingerprint density at radius 1 is 1.12 bits per heavy atom. The molecule has 0 unspecified atom stereocenters. The van der Waals surface area contributed by atoms with Crippen LogP contribution in [-0.4, -0.2) is 30.9 Å². The van der Waals surface area contributed by atoms with Crippen LogP contribution >= 0.6 is 11.3 Å². The molecule has 2 amide bonds. The summed E-state index contributed by atoms with van der Waals surface area (Å²) in [6, 6.07) is 12.6. The molecule has 134 valence electrons. The molecule has 0 bridgehead atoms. The van der Waals surface area contributed by atoms with E-state index in [2.05, 4.69) is 47.9 Å². The first-order valence-corrected chi connectivity index (χ1v) is 9.33. The van der Waals surface area contributed by atoms with Gasteiger partial charge in [0.15, 0.2) is 6.54 Å². The van der Waals surface area contributed by atoms with Gasteiger partial charge in [0.25, 0.3) is 5.91 Å². The van der Waals surface area contributed by atoms with Gasteiger partial charge in [-0.3, -0.25) is 9.59 Å². The van der Waals surface area contributed by atoms with Crippen LogP contribution in [0.5, 0.6) is 0 Å². The normalized spacial score (nSPS) is 12.0. The molecule has 1 aromatic carbocycles. The molecule has 2 aromatic rings. The molecule has 1 aromatic heterocycles. The largest absolute Gasteiger partial charge is 0.352 e. The average Bonchev–Trinajstić information content (AvgIpc) is 3.08. The molecule has 0 fully saturated rings. The van der Waals surface area contributed by atoms with Crippen LogP contribution in [0.4, 0.5) is 0 Å². The number of thiophene rings is 1. The summed E-state index contributed by atoms with van der Waals surface area (Å²) in [5.41, 5.74) is 2.38. The van der Waals surface area contributed by atoms with Crippen LogP contribution in [0.15, 0.2) is 41.8 Å². The first kappa shape index (κ1) is 19.1. The number of carbonyl (C=O) groups excluding carboxylic acids is 2. The molecule has 0 aliphatic rings. The Hall–Kier alpha value is -2.18. The molecular weight excluding hydrogens is 334 g/mol. The zero-order valence-corrected chi connectivity index (χ0v) is 15.7. The fourth-order valence-electron chi connectivity index (χ4n) is 2.51. The molecule has 6 heteroatoms. The SMILES string of the molecule is Cc1ccc([C@@H]([NH2+]CC(=O)NCC(=O)NC(C)C)c2cccs2)cc1. The van der Waals surface area contributed by atoms with Crippen LogP contribution in [-0.2, 0) is 9.59 Å². The zero-order chi connectivity index (χ0) is 18.2. The molecule has 4 N–H and O–H groups in total. The Morgan fingerprint density at radius 3 is 2.44 bits per heavy atom. The lowest BCUT2D eigenvalue weighted by Gasteiger charge is -2.15. The third-order valence-electron chi connectivity index (χ3n) is 3.72. The monoisotopic (exact) mass is 360 g/mol. The summed E-state index contributed by atoms with van der Waals surface area (Å²) in [7, 11) is 0. The molecule has 1 heterocycles. The number of benzene rings is 1. The molecule has 1 atom stereocenters. The summed E-state index contributed by atoms with van der Waals surface area (Å²) in [4.78, 5) is 24.9. The van der Waals surface area contributed by atoms with Gasteiger partial charge in [0, 0.05) is 11.6 Å². The number of nitrogens with two attached hydrogens (primary N) is 1. The van der Waals surface area contributed by atoms with E-state index in [0.717, 1.165) is 0 Å². The third-order valence-corrected chi connectivity index (χ3v) is 4.68. The minimum atomic E-state index is -0.170. The van der Waals surface area contributed by atoms with E-state index in [1.54, 1.807) is 11.3 Å². The highest BCUT2D eigenvalue weighted by Gasteiger charge is 2.20. The zero-order valence-electron chi connectivity index (χ0n) is 14.9. The van der Waals surface area contributed by atoms with E-state index < -0.39 is 0 Å². The van der Waals surface area contributed by atoms with Gasteiger partial charge < -0.3 is 16.0 Å². The number of hydrogen-bond donors (Lipinski definition) is 3. The molecule has 25 heavy (non-hydrogen) atoms. The van der Waals surface area contributed by atoms with Gasteiger partial charge in [0.1, 0.15) is 6.04 Å². The molecule has 2 rings (SSSR count). The van der Waals surface area contributed by atoms with E-state index in [-0.39, 0.29) is 37.0 Å². The van der Waals surface area contributed by atoms with E-state index in [9.17, 15) is 9.59 Å². The van der Waals surface area contributed by atoms with Crippen LogP contribution in [0.1, 0.15) is 35.9 Å². The van der Waals surface area contributed by atoms with Crippen molar-refractivity contribution in [1.29, 1.82) is 0 Å². The molecule has 0 saturated heterocycles. The highest BCUT2D eigenvalue weighted by atomic mass is 32.1. The summed E-state index contributed by atoms with van der Waals surface area (Å²) in [5, 5.41) is 9.47. The minimum Gasteiger partial charge on any atom is -0.352 e. The summed E-state index contributed by atoms with van der Waals surface area (Å²) >= 11 is 1.68. The van der Waals surface area contributed by atoms with Crippen molar-refractivity contribution < 1.29 is 14.9 Å². The maximum atomic E-state index is 12.1. The number of quaternary nitrogens is 1. The van der Waals surface area contributed by atoms with E-state index in [1.165, 1.54) is 16.0 Å². The van der Waals surface area contributed by atoms with Gasteiger partial charge in [-0.05, 0) is 32.2 Å². The average molecular weight is 361 g/mol. The standard InChI is InChI=1S/C19H25N3O2S/c1-13(2)22-18(24)12-20-17(23)11-21-19(16-5-4-10-25-16)15-8-6-14(3)7-9-15/h4-10,13,19,21H,11-12H2,1-3H3,(H,20,23)(H,22,24)/p+1/t19-/m1/s1. The van der Waals surface area contributed by atoms with Crippen LogP contribution in [0.3, 0.4) is 0 Å². The van der Waals surface area contributed by atoms with E-state index in [4.69, 9.17) is 0 Å². The van der Waals surface area contributed by atoms with Crippen molar-refractivity contribution in [1.82, 2.24) is 10.6 Å². The lowest BCUT2D eigenvalue weighted by molar-refractivity contribution is -0.676. The first-order chi connectivity index (χ1) is 12.0. The number of aryl methyl sites for hydroxylation is 1. The maximum Gasteiger partial charge on any atom is 0.275 e. The highest BCUT2D eigenvalue weighted by Crippen LogP contribution is 2.22. The predicted molar refractivity (Wildman–Crippen MR) is 100 cm³/mol. The number of nitrogens with one attached hydrogen (secondary N) is 2. The number of amides is 2. The van der Waals surface area contributed by atoms with Gasteiger partial charge in [-0.1, -0.05) is 35.9 Å². The number of carbonyl (C=O) groups is 2. The molecule has 5 nitrogen and oxygen atoms in total. The quantitative estimate of drug-likeness (QED) is 0.665. The second-order valence-corrected chi connectivity index (χ2v) is 7.32. The van der Waals surface area contributed by atoms with Crippen LogP contribution in [0.25, 0.3) is 0 Å². The van der Waals surface area contributed by atoms with Crippen molar-refractivity contribution in [2.45, 2.75) is 32.9 Å². The lowest BCUT2D eigenvalue weighted by Crippen LogP contribution is -2.87. The van der Waals surface area contributed by atoms with Crippen molar-refractivity contribution in [2.24, 2.45) is 0 Å². The van der Waals surface area contributed by atoms with E-state index in [1.807, 2.05) is 30.6 Å². The summed E-state index contributed by atoms with van der Waals surface area (Å²) in [5.74, 6) is -0.315. The van der Waals surface area contributed by atoms with Crippen molar-refractivity contribution in [3.63, 3.8) is 0 Å². The summed E-state index contributed by atoms with van der Waals surface area (Å²) in [6.45, 7) is 6.12. The molecule has 0 aliphatic heterocycles. The van der Waals surface area contributed by atoms with Crippen LogP contribution in [0, 0.1) is 6.92 Å². The lowest BCUT2D eigenvalue weighted by atomic mass is 10.0. The molecule has 0 radical (unpaired) electrons. The van der Waals surface area contributed by atoms with Crippen molar-refractivity contribution >= 4 is 23.2 Å². The smallest absolute Gasteiger partial charge is 0.275 e.